The minimum Gasteiger partial charge on any atom is -0.389 e. The molecule has 1 heterocycles. The highest BCUT2D eigenvalue weighted by Gasteiger charge is 2.20. The van der Waals surface area contributed by atoms with E-state index in [1.54, 1.807) is 6.92 Å². The van der Waals surface area contributed by atoms with E-state index in [1.807, 2.05) is 17.0 Å². The van der Waals surface area contributed by atoms with Crippen LogP contribution in [0.4, 0.5) is 0 Å². The SMILES string of the molecule is CCCCC(=O)N1CCc2ccc(C(C)O)cc2C1. The molecule has 0 saturated heterocycles. The third kappa shape index (κ3) is 3.35. The normalized spacial score (nSPS) is 16.1. The number of carbonyl (C=O) groups excluding carboxylic acids is 1. The van der Waals surface area contributed by atoms with Gasteiger partial charge in [0.15, 0.2) is 0 Å². The van der Waals surface area contributed by atoms with Gasteiger partial charge < -0.3 is 10.0 Å². The molecule has 19 heavy (non-hydrogen) atoms. The number of rotatable bonds is 4. The first-order chi connectivity index (χ1) is 9.11. The quantitative estimate of drug-likeness (QED) is 0.905. The second kappa shape index (κ2) is 6.20. The highest BCUT2D eigenvalue weighted by atomic mass is 16.3. The molecule has 0 aromatic heterocycles. The zero-order valence-corrected chi connectivity index (χ0v) is 11.9. The number of fused-ring (bicyclic) bond motifs is 1. The zero-order chi connectivity index (χ0) is 13.8. The summed E-state index contributed by atoms with van der Waals surface area (Å²) in [4.78, 5) is 14.0. The van der Waals surface area contributed by atoms with Gasteiger partial charge in [0.25, 0.3) is 0 Å². The molecule has 3 heteroatoms. The van der Waals surface area contributed by atoms with Crippen LogP contribution in [0.5, 0.6) is 0 Å². The largest absolute Gasteiger partial charge is 0.389 e. The van der Waals surface area contributed by atoms with E-state index in [0.29, 0.717) is 13.0 Å². The molecule has 1 aliphatic heterocycles. The summed E-state index contributed by atoms with van der Waals surface area (Å²) in [6.07, 6.45) is 3.16. The molecular formula is C16H23NO2. The maximum atomic E-state index is 12.1. The Morgan fingerprint density at radius 3 is 2.89 bits per heavy atom. The van der Waals surface area contributed by atoms with E-state index in [0.717, 1.165) is 31.4 Å². The van der Waals surface area contributed by atoms with E-state index in [4.69, 9.17) is 0 Å². The van der Waals surface area contributed by atoms with E-state index in [2.05, 4.69) is 13.0 Å². The molecule has 0 saturated carbocycles. The van der Waals surface area contributed by atoms with Gasteiger partial charge in [-0.15, -0.1) is 0 Å². The predicted molar refractivity (Wildman–Crippen MR) is 75.7 cm³/mol. The number of aliphatic hydroxyl groups is 1. The van der Waals surface area contributed by atoms with E-state index < -0.39 is 6.10 Å². The highest BCUT2D eigenvalue weighted by Crippen LogP contribution is 2.23. The summed E-state index contributed by atoms with van der Waals surface area (Å²) in [7, 11) is 0. The first-order valence-corrected chi connectivity index (χ1v) is 7.19. The number of nitrogens with zero attached hydrogens (tertiary/aromatic N) is 1. The Hall–Kier alpha value is -1.35. The molecule has 1 N–H and O–H groups in total. The fourth-order valence-electron chi connectivity index (χ4n) is 2.54. The van der Waals surface area contributed by atoms with Crippen molar-refractivity contribution in [3.8, 4) is 0 Å². The van der Waals surface area contributed by atoms with Crippen molar-refractivity contribution in [1.29, 1.82) is 0 Å². The van der Waals surface area contributed by atoms with Crippen molar-refractivity contribution in [3.63, 3.8) is 0 Å². The average molecular weight is 261 g/mol. The topological polar surface area (TPSA) is 40.5 Å². The standard InChI is InChI=1S/C16H23NO2/c1-3-4-5-16(19)17-9-8-13-6-7-14(12(2)18)10-15(13)11-17/h6-7,10,12,18H,3-5,8-9,11H2,1-2H3. The minimum atomic E-state index is -0.448. The van der Waals surface area contributed by atoms with E-state index in [-0.39, 0.29) is 5.91 Å². The van der Waals surface area contributed by atoms with Crippen LogP contribution in [0.2, 0.25) is 0 Å². The summed E-state index contributed by atoms with van der Waals surface area (Å²) in [6.45, 7) is 5.39. The van der Waals surface area contributed by atoms with Crippen LogP contribution >= 0.6 is 0 Å². The van der Waals surface area contributed by atoms with Gasteiger partial charge in [-0.2, -0.15) is 0 Å². The summed E-state index contributed by atoms with van der Waals surface area (Å²) >= 11 is 0. The molecule has 0 bridgehead atoms. The first kappa shape index (κ1) is 14.1. The predicted octanol–water partition coefficient (Wildman–Crippen LogP) is 2.81. The van der Waals surface area contributed by atoms with Crippen molar-refractivity contribution < 1.29 is 9.90 Å². The van der Waals surface area contributed by atoms with Crippen LogP contribution in [0.1, 0.15) is 55.9 Å². The molecule has 0 spiro atoms. The third-order valence-corrected chi connectivity index (χ3v) is 3.82. The van der Waals surface area contributed by atoms with Crippen molar-refractivity contribution in [1.82, 2.24) is 4.90 Å². The van der Waals surface area contributed by atoms with Gasteiger partial charge in [-0.1, -0.05) is 31.5 Å². The van der Waals surface area contributed by atoms with Gasteiger partial charge in [-0.3, -0.25) is 4.79 Å². The van der Waals surface area contributed by atoms with Crippen LogP contribution in [0.3, 0.4) is 0 Å². The number of unbranched alkanes of at least 4 members (excludes halogenated alkanes) is 1. The Labute approximate surface area is 115 Å². The van der Waals surface area contributed by atoms with E-state index in [1.165, 1.54) is 11.1 Å². The van der Waals surface area contributed by atoms with Crippen LogP contribution in [0.25, 0.3) is 0 Å². The number of hydrogen-bond acceptors (Lipinski definition) is 2. The fraction of sp³-hybridized carbons (Fsp3) is 0.562. The molecule has 0 fully saturated rings. The second-order valence-electron chi connectivity index (χ2n) is 5.37. The molecule has 0 aliphatic carbocycles. The lowest BCUT2D eigenvalue weighted by atomic mass is 9.95. The molecule has 1 amide bonds. The zero-order valence-electron chi connectivity index (χ0n) is 11.9. The summed E-state index contributed by atoms with van der Waals surface area (Å²) in [6, 6.07) is 6.11. The fourth-order valence-corrected chi connectivity index (χ4v) is 2.54. The number of hydrogen-bond donors (Lipinski definition) is 1. The smallest absolute Gasteiger partial charge is 0.222 e. The van der Waals surface area contributed by atoms with Crippen LogP contribution in [0.15, 0.2) is 18.2 Å². The van der Waals surface area contributed by atoms with Gasteiger partial charge in [-0.05, 0) is 36.5 Å². The van der Waals surface area contributed by atoms with Gasteiger partial charge in [0, 0.05) is 19.5 Å². The van der Waals surface area contributed by atoms with Crippen molar-refractivity contribution >= 4 is 5.91 Å². The lowest BCUT2D eigenvalue weighted by Crippen LogP contribution is -2.35. The Morgan fingerprint density at radius 2 is 2.21 bits per heavy atom. The lowest BCUT2D eigenvalue weighted by Gasteiger charge is -2.29. The number of amides is 1. The monoisotopic (exact) mass is 261 g/mol. The third-order valence-electron chi connectivity index (χ3n) is 3.82. The summed E-state index contributed by atoms with van der Waals surface area (Å²) in [5, 5.41) is 9.64. The molecule has 0 radical (unpaired) electrons. The second-order valence-corrected chi connectivity index (χ2v) is 5.37. The Balaban J connectivity index is 2.09. The molecular weight excluding hydrogens is 238 g/mol. The summed E-state index contributed by atoms with van der Waals surface area (Å²) in [5.74, 6) is 0.259. The number of carbonyl (C=O) groups is 1. The molecule has 1 aromatic rings. The number of benzene rings is 1. The van der Waals surface area contributed by atoms with Crippen LogP contribution < -0.4 is 0 Å². The van der Waals surface area contributed by atoms with E-state index >= 15 is 0 Å². The molecule has 1 aliphatic rings. The Bertz CT molecular complexity index is 454. The average Bonchev–Trinajstić information content (AvgIpc) is 2.43. The lowest BCUT2D eigenvalue weighted by molar-refractivity contribution is -0.132. The highest BCUT2D eigenvalue weighted by molar-refractivity contribution is 5.76. The van der Waals surface area contributed by atoms with Gasteiger partial charge in [0.2, 0.25) is 5.91 Å². The molecule has 1 atom stereocenters. The molecule has 2 rings (SSSR count). The van der Waals surface area contributed by atoms with Crippen LogP contribution in [0, 0.1) is 0 Å². The molecule has 1 unspecified atom stereocenters. The van der Waals surface area contributed by atoms with Gasteiger partial charge in [0.05, 0.1) is 6.10 Å². The van der Waals surface area contributed by atoms with Crippen molar-refractivity contribution in [2.24, 2.45) is 0 Å². The summed E-state index contributed by atoms with van der Waals surface area (Å²) < 4.78 is 0. The Morgan fingerprint density at radius 1 is 1.42 bits per heavy atom. The minimum absolute atomic E-state index is 0.259. The maximum absolute atomic E-state index is 12.1. The maximum Gasteiger partial charge on any atom is 0.222 e. The van der Waals surface area contributed by atoms with E-state index in [9.17, 15) is 9.90 Å². The molecule has 3 nitrogen and oxygen atoms in total. The molecule has 1 aromatic carbocycles. The Kier molecular flexibility index (Phi) is 4.59. The van der Waals surface area contributed by atoms with Gasteiger partial charge in [0.1, 0.15) is 0 Å². The molecule has 104 valence electrons. The summed E-state index contributed by atoms with van der Waals surface area (Å²) in [5.41, 5.74) is 3.43. The van der Waals surface area contributed by atoms with Crippen LogP contribution in [-0.4, -0.2) is 22.5 Å². The van der Waals surface area contributed by atoms with Crippen molar-refractivity contribution in [2.45, 2.75) is 52.2 Å². The van der Waals surface area contributed by atoms with Crippen LogP contribution in [-0.2, 0) is 17.8 Å². The van der Waals surface area contributed by atoms with Crippen molar-refractivity contribution in [3.05, 3.63) is 34.9 Å². The van der Waals surface area contributed by atoms with Gasteiger partial charge in [-0.25, -0.2) is 0 Å². The van der Waals surface area contributed by atoms with Crippen molar-refractivity contribution in [2.75, 3.05) is 6.54 Å². The number of aliphatic hydroxyl groups excluding tert-OH is 1. The first-order valence-electron chi connectivity index (χ1n) is 7.19. The van der Waals surface area contributed by atoms with Gasteiger partial charge >= 0.3 is 0 Å².